The average molecular weight is 152 g/mol. The van der Waals surface area contributed by atoms with Gasteiger partial charge >= 0.3 is 0 Å². The summed E-state index contributed by atoms with van der Waals surface area (Å²) in [4.78, 5) is 2.19. The van der Waals surface area contributed by atoms with E-state index in [-0.39, 0.29) is 10.8 Å². The molecule has 0 aromatic rings. The number of nitriles is 1. The van der Waals surface area contributed by atoms with Crippen LogP contribution in [0.25, 0.3) is 0 Å². The summed E-state index contributed by atoms with van der Waals surface area (Å²) in [6.45, 7) is 8.27. The molecule has 62 valence electrons. The third kappa shape index (κ3) is 1.14. The monoisotopic (exact) mass is 152 g/mol. The van der Waals surface area contributed by atoms with Gasteiger partial charge in [0.2, 0.25) is 0 Å². The van der Waals surface area contributed by atoms with Crippen molar-refractivity contribution in [3.8, 4) is 6.07 Å². The zero-order chi connectivity index (χ0) is 8.70. The smallest absolute Gasteiger partial charge is 0.0874 e. The molecule has 0 aromatic carbocycles. The van der Waals surface area contributed by atoms with Gasteiger partial charge < -0.3 is 4.90 Å². The minimum Gasteiger partial charge on any atom is -0.303 e. The van der Waals surface area contributed by atoms with E-state index in [1.165, 1.54) is 0 Å². The average Bonchev–Trinajstić information content (AvgIpc) is 1.77. The molecule has 0 aliphatic carbocycles. The summed E-state index contributed by atoms with van der Waals surface area (Å²) in [5.74, 6) is 0. The van der Waals surface area contributed by atoms with Gasteiger partial charge in [0.1, 0.15) is 0 Å². The first-order valence-corrected chi connectivity index (χ1v) is 4.01. The van der Waals surface area contributed by atoms with Crippen molar-refractivity contribution < 1.29 is 0 Å². The largest absolute Gasteiger partial charge is 0.303 e. The van der Waals surface area contributed by atoms with Crippen LogP contribution in [0.1, 0.15) is 20.8 Å². The Morgan fingerprint density at radius 2 is 1.82 bits per heavy atom. The SMILES string of the molecule is CN1CC(C#N)(C(C)(C)C)C1. The summed E-state index contributed by atoms with van der Waals surface area (Å²) < 4.78 is 0. The number of nitrogens with zero attached hydrogens (tertiary/aromatic N) is 2. The fourth-order valence-corrected chi connectivity index (χ4v) is 1.59. The minimum absolute atomic E-state index is 0.0955. The van der Waals surface area contributed by atoms with Gasteiger partial charge in [-0.15, -0.1) is 0 Å². The van der Waals surface area contributed by atoms with Crippen molar-refractivity contribution in [2.24, 2.45) is 10.8 Å². The van der Waals surface area contributed by atoms with Gasteiger partial charge in [-0.1, -0.05) is 20.8 Å². The van der Waals surface area contributed by atoms with Crippen LogP contribution in [0.4, 0.5) is 0 Å². The summed E-state index contributed by atoms with van der Waals surface area (Å²) >= 11 is 0. The number of hydrogen-bond acceptors (Lipinski definition) is 2. The van der Waals surface area contributed by atoms with E-state index < -0.39 is 0 Å². The number of hydrogen-bond donors (Lipinski definition) is 0. The second-order valence-corrected chi connectivity index (χ2v) is 4.62. The van der Waals surface area contributed by atoms with Crippen molar-refractivity contribution in [3.05, 3.63) is 0 Å². The van der Waals surface area contributed by atoms with E-state index in [1.54, 1.807) is 0 Å². The van der Waals surface area contributed by atoms with Gasteiger partial charge in [-0.3, -0.25) is 0 Å². The predicted molar refractivity (Wildman–Crippen MR) is 45.0 cm³/mol. The predicted octanol–water partition coefficient (Wildman–Crippen LogP) is 1.49. The molecule has 2 nitrogen and oxygen atoms in total. The molecule has 0 N–H and O–H groups in total. The third-order valence-corrected chi connectivity index (χ3v) is 2.73. The number of rotatable bonds is 0. The maximum absolute atomic E-state index is 9.01. The van der Waals surface area contributed by atoms with Gasteiger partial charge in [-0.05, 0) is 12.5 Å². The Balaban J connectivity index is 2.75. The van der Waals surface area contributed by atoms with E-state index in [2.05, 4.69) is 38.8 Å². The summed E-state index contributed by atoms with van der Waals surface area (Å²) in [5.41, 5.74) is 0.0238. The van der Waals surface area contributed by atoms with Crippen LogP contribution in [-0.4, -0.2) is 25.0 Å². The lowest BCUT2D eigenvalue weighted by Crippen LogP contribution is -2.59. The Labute approximate surface area is 68.8 Å². The first kappa shape index (κ1) is 8.55. The second kappa shape index (κ2) is 2.22. The van der Waals surface area contributed by atoms with Gasteiger partial charge in [0.05, 0.1) is 11.5 Å². The highest BCUT2D eigenvalue weighted by Gasteiger charge is 2.50. The van der Waals surface area contributed by atoms with Crippen LogP contribution >= 0.6 is 0 Å². The molecule has 0 radical (unpaired) electrons. The van der Waals surface area contributed by atoms with E-state index in [1.807, 2.05) is 0 Å². The van der Waals surface area contributed by atoms with E-state index >= 15 is 0 Å². The summed E-state index contributed by atoms with van der Waals surface area (Å²) in [6.07, 6.45) is 0. The van der Waals surface area contributed by atoms with Gasteiger partial charge in [0.15, 0.2) is 0 Å². The third-order valence-electron chi connectivity index (χ3n) is 2.73. The van der Waals surface area contributed by atoms with Gasteiger partial charge in [-0.25, -0.2) is 0 Å². The minimum atomic E-state index is -0.0955. The first-order chi connectivity index (χ1) is 4.91. The molecule has 0 bridgehead atoms. The lowest BCUT2D eigenvalue weighted by atomic mass is 9.63. The fraction of sp³-hybridized carbons (Fsp3) is 0.889. The maximum Gasteiger partial charge on any atom is 0.0874 e. The highest BCUT2D eigenvalue weighted by Crippen LogP contribution is 2.44. The molecule has 0 unspecified atom stereocenters. The van der Waals surface area contributed by atoms with Crippen LogP contribution in [0.15, 0.2) is 0 Å². The molecular weight excluding hydrogens is 136 g/mol. The molecule has 0 saturated carbocycles. The second-order valence-electron chi connectivity index (χ2n) is 4.62. The summed E-state index contributed by atoms with van der Waals surface area (Å²) in [5, 5.41) is 9.01. The Morgan fingerprint density at radius 1 is 1.36 bits per heavy atom. The molecule has 0 aromatic heterocycles. The zero-order valence-corrected chi connectivity index (χ0v) is 7.81. The van der Waals surface area contributed by atoms with Crippen LogP contribution in [0, 0.1) is 22.2 Å². The molecule has 1 rings (SSSR count). The quantitative estimate of drug-likeness (QED) is 0.526. The highest BCUT2D eigenvalue weighted by atomic mass is 15.2. The molecule has 0 amide bonds. The molecule has 1 saturated heterocycles. The van der Waals surface area contributed by atoms with Crippen molar-refractivity contribution in [2.75, 3.05) is 20.1 Å². The van der Waals surface area contributed by atoms with Crippen molar-refractivity contribution in [1.82, 2.24) is 4.90 Å². The van der Waals surface area contributed by atoms with Crippen LogP contribution in [0.5, 0.6) is 0 Å². The maximum atomic E-state index is 9.01. The van der Waals surface area contributed by atoms with Crippen LogP contribution in [-0.2, 0) is 0 Å². The van der Waals surface area contributed by atoms with Crippen LogP contribution < -0.4 is 0 Å². The molecule has 1 heterocycles. The highest BCUT2D eigenvalue weighted by molar-refractivity contribution is 5.14. The summed E-state index contributed by atoms with van der Waals surface area (Å²) in [7, 11) is 2.06. The molecule has 0 atom stereocenters. The normalized spacial score (nSPS) is 23.9. The Hall–Kier alpha value is -0.550. The number of likely N-dealkylation sites (tertiary alicyclic amines) is 1. The Kier molecular flexibility index (Phi) is 1.72. The van der Waals surface area contributed by atoms with Gasteiger partial charge in [-0.2, -0.15) is 5.26 Å². The van der Waals surface area contributed by atoms with E-state index in [9.17, 15) is 0 Å². The molecule has 2 heteroatoms. The van der Waals surface area contributed by atoms with E-state index in [0.717, 1.165) is 13.1 Å². The van der Waals surface area contributed by atoms with Crippen LogP contribution in [0.3, 0.4) is 0 Å². The van der Waals surface area contributed by atoms with E-state index in [4.69, 9.17) is 5.26 Å². The standard InChI is InChI=1S/C9H16N2/c1-8(2,3)9(5-10)6-11(4)7-9/h6-7H2,1-4H3. The summed E-state index contributed by atoms with van der Waals surface area (Å²) in [6, 6.07) is 2.44. The Bertz CT molecular complexity index is 189. The molecule has 1 aliphatic heterocycles. The zero-order valence-electron chi connectivity index (χ0n) is 7.81. The lowest BCUT2D eigenvalue weighted by molar-refractivity contribution is -0.0180. The van der Waals surface area contributed by atoms with Crippen molar-refractivity contribution in [1.29, 1.82) is 5.26 Å². The lowest BCUT2D eigenvalue weighted by Gasteiger charge is -2.51. The topological polar surface area (TPSA) is 27.0 Å². The van der Waals surface area contributed by atoms with Crippen LogP contribution in [0.2, 0.25) is 0 Å². The molecule has 0 spiro atoms. The van der Waals surface area contributed by atoms with Crippen molar-refractivity contribution >= 4 is 0 Å². The van der Waals surface area contributed by atoms with Crippen molar-refractivity contribution in [2.45, 2.75) is 20.8 Å². The Morgan fingerprint density at radius 3 is 1.91 bits per heavy atom. The van der Waals surface area contributed by atoms with Crippen molar-refractivity contribution in [3.63, 3.8) is 0 Å². The molecule has 1 aliphatic rings. The van der Waals surface area contributed by atoms with E-state index in [0.29, 0.717) is 0 Å². The first-order valence-electron chi connectivity index (χ1n) is 4.01. The van der Waals surface area contributed by atoms with Gasteiger partial charge in [0.25, 0.3) is 0 Å². The molecular formula is C9H16N2. The van der Waals surface area contributed by atoms with Gasteiger partial charge in [0, 0.05) is 13.1 Å². The molecule has 11 heavy (non-hydrogen) atoms. The fourth-order valence-electron chi connectivity index (χ4n) is 1.59. The molecule has 1 fully saturated rings.